The summed E-state index contributed by atoms with van der Waals surface area (Å²) in [5, 5.41) is 3.38. The van der Waals surface area contributed by atoms with E-state index in [2.05, 4.69) is 10.3 Å². The van der Waals surface area contributed by atoms with Gasteiger partial charge in [0.25, 0.3) is 5.56 Å². The highest BCUT2D eigenvalue weighted by atomic mass is 35.5. The Kier molecular flexibility index (Phi) is 4.07. The predicted octanol–water partition coefficient (Wildman–Crippen LogP) is 1.85. The van der Waals surface area contributed by atoms with Crippen molar-refractivity contribution in [2.45, 2.75) is 26.4 Å². The van der Waals surface area contributed by atoms with Crippen LogP contribution in [0.1, 0.15) is 19.4 Å². The number of rotatable bonds is 4. The number of fused-ring (bicyclic) bond motifs is 1. The zero-order valence-corrected chi connectivity index (χ0v) is 11.9. The summed E-state index contributed by atoms with van der Waals surface area (Å²) < 4.78 is 6.63. The van der Waals surface area contributed by atoms with Gasteiger partial charge in [0, 0.05) is 18.8 Å². The SMILES string of the molecule is COc1cccn2c(=O)c(CNC(C)C)c(Cl)nc12. The molecule has 0 atom stereocenters. The first-order valence-corrected chi connectivity index (χ1v) is 6.39. The Labute approximate surface area is 116 Å². The lowest BCUT2D eigenvalue weighted by atomic mass is 10.3. The fraction of sp³-hybridized carbons (Fsp3) is 0.385. The van der Waals surface area contributed by atoms with E-state index in [0.29, 0.717) is 23.5 Å². The molecule has 19 heavy (non-hydrogen) atoms. The Morgan fingerprint density at radius 2 is 2.26 bits per heavy atom. The van der Waals surface area contributed by atoms with E-state index in [9.17, 15) is 4.79 Å². The quantitative estimate of drug-likeness (QED) is 0.869. The van der Waals surface area contributed by atoms with Crippen LogP contribution in [0.2, 0.25) is 5.15 Å². The van der Waals surface area contributed by atoms with Crippen molar-refractivity contribution in [3.8, 4) is 5.75 Å². The van der Waals surface area contributed by atoms with Gasteiger partial charge in [0.2, 0.25) is 0 Å². The van der Waals surface area contributed by atoms with Crippen LogP contribution < -0.4 is 15.6 Å². The van der Waals surface area contributed by atoms with Gasteiger partial charge in [0.15, 0.2) is 11.4 Å². The third-order valence-electron chi connectivity index (χ3n) is 2.77. The minimum absolute atomic E-state index is 0.179. The molecule has 2 heterocycles. The molecular formula is C13H16ClN3O2. The minimum atomic E-state index is -0.179. The Bertz CT molecular complexity index is 652. The summed E-state index contributed by atoms with van der Waals surface area (Å²) in [7, 11) is 1.53. The average molecular weight is 282 g/mol. The summed E-state index contributed by atoms with van der Waals surface area (Å²) in [6.07, 6.45) is 1.66. The van der Waals surface area contributed by atoms with Crippen molar-refractivity contribution < 1.29 is 4.74 Å². The molecular weight excluding hydrogens is 266 g/mol. The zero-order valence-electron chi connectivity index (χ0n) is 11.1. The van der Waals surface area contributed by atoms with Crippen LogP contribution in [0.5, 0.6) is 5.75 Å². The molecule has 2 aromatic rings. The minimum Gasteiger partial charge on any atom is -0.493 e. The highest BCUT2D eigenvalue weighted by Gasteiger charge is 2.13. The van der Waals surface area contributed by atoms with Crippen LogP contribution in [0.4, 0.5) is 0 Å². The molecule has 0 amide bonds. The Morgan fingerprint density at radius 3 is 2.89 bits per heavy atom. The van der Waals surface area contributed by atoms with Gasteiger partial charge in [-0.1, -0.05) is 25.4 Å². The maximum atomic E-state index is 12.4. The highest BCUT2D eigenvalue weighted by molar-refractivity contribution is 6.30. The summed E-state index contributed by atoms with van der Waals surface area (Å²) in [5.41, 5.74) is 0.705. The zero-order chi connectivity index (χ0) is 14.0. The number of aromatic nitrogens is 2. The van der Waals surface area contributed by atoms with Crippen molar-refractivity contribution in [1.82, 2.24) is 14.7 Å². The number of methoxy groups -OCH3 is 1. The second-order valence-corrected chi connectivity index (χ2v) is 4.85. The van der Waals surface area contributed by atoms with Crippen LogP contribution in [0.3, 0.4) is 0 Å². The molecule has 2 rings (SSSR count). The molecule has 0 saturated carbocycles. The lowest BCUT2D eigenvalue weighted by molar-refractivity contribution is 0.416. The van der Waals surface area contributed by atoms with Gasteiger partial charge in [0.05, 0.1) is 12.7 Å². The molecule has 102 valence electrons. The van der Waals surface area contributed by atoms with Crippen LogP contribution in [0, 0.1) is 0 Å². The molecule has 0 aliphatic heterocycles. The molecule has 1 N–H and O–H groups in total. The van der Waals surface area contributed by atoms with E-state index in [4.69, 9.17) is 16.3 Å². The first kappa shape index (κ1) is 13.8. The van der Waals surface area contributed by atoms with Crippen molar-refractivity contribution in [2.24, 2.45) is 0 Å². The number of nitrogens with zero attached hydrogens (tertiary/aromatic N) is 2. The fourth-order valence-corrected chi connectivity index (χ4v) is 1.99. The number of hydrogen-bond donors (Lipinski definition) is 1. The van der Waals surface area contributed by atoms with Crippen molar-refractivity contribution in [3.05, 3.63) is 39.4 Å². The van der Waals surface area contributed by atoms with E-state index < -0.39 is 0 Å². The Morgan fingerprint density at radius 1 is 1.53 bits per heavy atom. The average Bonchev–Trinajstić information content (AvgIpc) is 2.37. The van der Waals surface area contributed by atoms with E-state index in [1.165, 1.54) is 11.5 Å². The topological polar surface area (TPSA) is 55.6 Å². The molecule has 0 aliphatic carbocycles. The second kappa shape index (κ2) is 5.59. The van der Waals surface area contributed by atoms with Gasteiger partial charge in [-0.05, 0) is 12.1 Å². The van der Waals surface area contributed by atoms with E-state index in [-0.39, 0.29) is 16.8 Å². The normalized spacial score (nSPS) is 11.2. The summed E-state index contributed by atoms with van der Waals surface area (Å²) >= 11 is 6.10. The predicted molar refractivity (Wildman–Crippen MR) is 75.0 cm³/mol. The van der Waals surface area contributed by atoms with Gasteiger partial charge in [-0.25, -0.2) is 4.98 Å². The van der Waals surface area contributed by atoms with Gasteiger partial charge in [0.1, 0.15) is 5.15 Å². The monoisotopic (exact) mass is 281 g/mol. The molecule has 0 saturated heterocycles. The lowest BCUT2D eigenvalue weighted by Crippen LogP contribution is -2.29. The smallest absolute Gasteiger partial charge is 0.263 e. The molecule has 0 bridgehead atoms. The van der Waals surface area contributed by atoms with Gasteiger partial charge in [-0.3, -0.25) is 9.20 Å². The number of hydrogen-bond acceptors (Lipinski definition) is 4. The molecule has 5 nitrogen and oxygen atoms in total. The summed E-state index contributed by atoms with van der Waals surface area (Å²) in [6.45, 7) is 4.40. The molecule has 0 fully saturated rings. The number of nitrogens with one attached hydrogen (secondary N) is 1. The van der Waals surface area contributed by atoms with Gasteiger partial charge < -0.3 is 10.1 Å². The summed E-state index contributed by atoms with van der Waals surface area (Å²) in [6, 6.07) is 3.74. The number of pyridine rings is 1. The highest BCUT2D eigenvalue weighted by Crippen LogP contribution is 2.19. The fourth-order valence-electron chi connectivity index (χ4n) is 1.76. The van der Waals surface area contributed by atoms with Crippen LogP contribution >= 0.6 is 11.6 Å². The van der Waals surface area contributed by atoms with E-state index in [0.717, 1.165) is 0 Å². The van der Waals surface area contributed by atoms with Crippen molar-refractivity contribution in [1.29, 1.82) is 0 Å². The largest absolute Gasteiger partial charge is 0.493 e. The summed E-state index contributed by atoms with van der Waals surface area (Å²) in [4.78, 5) is 16.6. The van der Waals surface area contributed by atoms with Crippen LogP contribution in [-0.2, 0) is 6.54 Å². The van der Waals surface area contributed by atoms with Gasteiger partial charge in [-0.2, -0.15) is 0 Å². The second-order valence-electron chi connectivity index (χ2n) is 4.49. The molecule has 2 aromatic heterocycles. The molecule has 0 unspecified atom stereocenters. The first-order chi connectivity index (χ1) is 9.04. The van der Waals surface area contributed by atoms with Crippen LogP contribution in [0.25, 0.3) is 5.65 Å². The van der Waals surface area contributed by atoms with Crippen LogP contribution in [0.15, 0.2) is 23.1 Å². The third-order valence-corrected chi connectivity index (χ3v) is 3.08. The molecule has 0 spiro atoms. The Balaban J connectivity index is 2.59. The van der Waals surface area contributed by atoms with Crippen LogP contribution in [-0.4, -0.2) is 22.5 Å². The van der Waals surface area contributed by atoms with Gasteiger partial charge >= 0.3 is 0 Å². The number of ether oxygens (including phenoxy) is 1. The van der Waals surface area contributed by atoms with E-state index >= 15 is 0 Å². The van der Waals surface area contributed by atoms with Gasteiger partial charge in [-0.15, -0.1) is 0 Å². The van der Waals surface area contributed by atoms with Crippen molar-refractivity contribution in [2.75, 3.05) is 7.11 Å². The molecule has 0 aromatic carbocycles. The van der Waals surface area contributed by atoms with Crippen molar-refractivity contribution in [3.63, 3.8) is 0 Å². The Hall–Kier alpha value is -1.59. The van der Waals surface area contributed by atoms with E-state index in [1.807, 2.05) is 13.8 Å². The third kappa shape index (κ3) is 2.72. The van der Waals surface area contributed by atoms with Crippen molar-refractivity contribution >= 4 is 17.2 Å². The summed E-state index contributed by atoms with van der Waals surface area (Å²) in [5.74, 6) is 0.518. The maximum Gasteiger partial charge on any atom is 0.263 e. The standard InChI is InChI=1S/C13H16ClN3O2/c1-8(2)15-7-9-11(14)16-12-10(19-3)5-4-6-17(12)13(9)18/h4-6,8,15H,7H2,1-3H3. The molecule has 0 radical (unpaired) electrons. The first-order valence-electron chi connectivity index (χ1n) is 6.01. The lowest BCUT2D eigenvalue weighted by Gasteiger charge is -2.11. The maximum absolute atomic E-state index is 12.4. The molecule has 0 aliphatic rings. The number of halogens is 1. The van der Waals surface area contributed by atoms with E-state index in [1.54, 1.807) is 18.3 Å². The molecule has 6 heteroatoms.